The maximum absolute atomic E-state index is 13.0. The summed E-state index contributed by atoms with van der Waals surface area (Å²) in [6.07, 6.45) is 0. The van der Waals surface area contributed by atoms with E-state index in [0.717, 1.165) is 33.4 Å². The zero-order valence-corrected chi connectivity index (χ0v) is 15.9. The van der Waals surface area contributed by atoms with Crippen molar-refractivity contribution in [3.8, 4) is 0 Å². The van der Waals surface area contributed by atoms with Gasteiger partial charge in [-0.2, -0.15) is 0 Å². The van der Waals surface area contributed by atoms with Gasteiger partial charge in [-0.1, -0.05) is 28.3 Å². The predicted molar refractivity (Wildman–Crippen MR) is 97.6 cm³/mol. The molecule has 2 nitrogen and oxygen atoms in total. The molecule has 0 N–H and O–H groups in total. The van der Waals surface area contributed by atoms with Gasteiger partial charge in [0.2, 0.25) is 5.30 Å². The Morgan fingerprint density at radius 3 is 1.78 bits per heavy atom. The van der Waals surface area contributed by atoms with Crippen molar-refractivity contribution in [1.82, 2.24) is 0 Å². The Hall–Kier alpha value is -1.79. The van der Waals surface area contributed by atoms with Gasteiger partial charge in [0.25, 0.3) is 0 Å². The second-order valence-electron chi connectivity index (χ2n) is 6.48. The molecule has 0 aliphatic carbocycles. The lowest BCUT2D eigenvalue weighted by atomic mass is 10.0. The largest absolute Gasteiger partial charge is 0.459 e. The molecule has 2 aromatic carbocycles. The summed E-state index contributed by atoms with van der Waals surface area (Å²) < 4.78 is 13.0. The molecule has 0 saturated carbocycles. The molecule has 3 heteroatoms. The fourth-order valence-electron chi connectivity index (χ4n) is 3.30. The highest BCUT2D eigenvalue weighted by Gasteiger charge is 2.38. The maximum atomic E-state index is 13.0. The van der Waals surface area contributed by atoms with E-state index >= 15 is 0 Å². The predicted octanol–water partition coefficient (Wildman–Crippen LogP) is 5.14. The highest BCUT2D eigenvalue weighted by atomic mass is 31.1. The number of hydrogen-bond donors (Lipinski definition) is 0. The second-order valence-corrected chi connectivity index (χ2v) is 7.92. The van der Waals surface area contributed by atoms with Crippen LogP contribution in [0.3, 0.4) is 0 Å². The molecule has 0 spiro atoms. The normalized spacial score (nSPS) is 11.5. The number of carbonyl (C=O) groups excluding carboxylic acids is 1. The number of rotatable bonds is 3. The third-order valence-electron chi connectivity index (χ3n) is 4.59. The van der Waals surface area contributed by atoms with E-state index in [1.165, 1.54) is 5.56 Å². The standard InChI is InChI=1S/C20H24O2P/c1-11-8-13(3)18(14(4)9-11)20(21)23(22)19-15(5)10-12(2)16(6)17(19)7/h8-10H,1-7H3/q+1. The Kier molecular flexibility index (Phi) is 4.87. The van der Waals surface area contributed by atoms with Crippen LogP contribution in [0.2, 0.25) is 0 Å². The molecule has 1 unspecified atom stereocenters. The first-order valence-corrected chi connectivity index (χ1v) is 9.08. The molecule has 120 valence electrons. The first-order valence-electron chi connectivity index (χ1n) is 7.82. The van der Waals surface area contributed by atoms with Crippen molar-refractivity contribution in [1.29, 1.82) is 0 Å². The van der Waals surface area contributed by atoms with Gasteiger partial charge in [-0.25, -0.2) is 4.79 Å². The quantitative estimate of drug-likeness (QED) is 0.732. The van der Waals surface area contributed by atoms with Crippen LogP contribution in [-0.2, 0) is 4.57 Å². The summed E-state index contributed by atoms with van der Waals surface area (Å²) in [5, 5.41) is 0.701. The number of carbonyl (C=O) groups is 1. The molecule has 2 aromatic rings. The molecule has 0 aromatic heterocycles. The van der Waals surface area contributed by atoms with Crippen molar-refractivity contribution in [3.05, 3.63) is 62.7 Å². The van der Waals surface area contributed by atoms with Crippen LogP contribution >= 0.6 is 7.80 Å². The average Bonchev–Trinajstić information content (AvgIpc) is 2.43. The van der Waals surface area contributed by atoms with Crippen molar-refractivity contribution in [2.45, 2.75) is 48.5 Å². The Morgan fingerprint density at radius 2 is 1.26 bits per heavy atom. The first-order chi connectivity index (χ1) is 10.6. The van der Waals surface area contributed by atoms with Crippen LogP contribution in [0.1, 0.15) is 49.3 Å². The number of hydrogen-bond acceptors (Lipinski definition) is 2. The topological polar surface area (TPSA) is 34.1 Å². The summed E-state index contributed by atoms with van der Waals surface area (Å²) in [7, 11) is -2.11. The molecule has 0 aliphatic heterocycles. The van der Waals surface area contributed by atoms with E-state index in [2.05, 4.69) is 0 Å². The Balaban J connectivity index is 2.59. The fourth-order valence-corrected chi connectivity index (χ4v) is 4.92. The zero-order valence-electron chi connectivity index (χ0n) is 15.0. The highest BCUT2D eigenvalue weighted by molar-refractivity contribution is 7.71. The van der Waals surface area contributed by atoms with E-state index in [0.29, 0.717) is 10.9 Å². The molecule has 0 heterocycles. The summed E-state index contributed by atoms with van der Waals surface area (Å²) in [5.41, 5.74) is 7.44. The van der Waals surface area contributed by atoms with Gasteiger partial charge in [-0.15, -0.1) is 0 Å². The number of aryl methyl sites for hydroxylation is 5. The molecule has 0 bridgehead atoms. The molecular weight excluding hydrogens is 303 g/mol. The Bertz CT molecular complexity index is 809. The lowest BCUT2D eigenvalue weighted by Crippen LogP contribution is -2.15. The van der Waals surface area contributed by atoms with Crippen molar-refractivity contribution in [3.63, 3.8) is 0 Å². The van der Waals surface area contributed by atoms with Crippen LogP contribution in [0.25, 0.3) is 0 Å². The van der Waals surface area contributed by atoms with Crippen LogP contribution in [0.15, 0.2) is 18.2 Å². The lowest BCUT2D eigenvalue weighted by molar-refractivity contribution is 0.107. The Morgan fingerprint density at radius 1 is 0.739 bits per heavy atom. The second kappa shape index (κ2) is 6.37. The van der Waals surface area contributed by atoms with Crippen LogP contribution in [0, 0.1) is 48.5 Å². The number of benzene rings is 2. The smallest absolute Gasteiger partial charge is 0.234 e. The van der Waals surface area contributed by atoms with Crippen LogP contribution in [0.5, 0.6) is 0 Å². The van der Waals surface area contributed by atoms with Gasteiger partial charge in [0, 0.05) is 11.1 Å². The first kappa shape index (κ1) is 17.6. The van der Waals surface area contributed by atoms with E-state index < -0.39 is 7.80 Å². The molecule has 23 heavy (non-hydrogen) atoms. The van der Waals surface area contributed by atoms with Crippen molar-refractivity contribution < 1.29 is 9.36 Å². The van der Waals surface area contributed by atoms with Gasteiger partial charge in [-0.05, 0) is 70.7 Å². The minimum absolute atomic E-state index is 0.260. The summed E-state index contributed by atoms with van der Waals surface area (Å²) in [5.74, 6) is 0. The maximum Gasteiger partial charge on any atom is 0.459 e. The van der Waals surface area contributed by atoms with Crippen LogP contribution in [-0.4, -0.2) is 5.52 Å². The summed E-state index contributed by atoms with van der Waals surface area (Å²) in [6, 6.07) is 5.97. The Labute approximate surface area is 139 Å². The molecule has 1 atom stereocenters. The van der Waals surface area contributed by atoms with Gasteiger partial charge >= 0.3 is 13.3 Å². The third kappa shape index (κ3) is 3.14. The molecular formula is C20H24O2P+. The minimum Gasteiger partial charge on any atom is -0.234 e. The monoisotopic (exact) mass is 327 g/mol. The van der Waals surface area contributed by atoms with E-state index in [9.17, 15) is 9.36 Å². The summed E-state index contributed by atoms with van der Waals surface area (Å²) >= 11 is 0. The van der Waals surface area contributed by atoms with Crippen molar-refractivity contribution in [2.75, 3.05) is 0 Å². The van der Waals surface area contributed by atoms with Crippen LogP contribution < -0.4 is 5.30 Å². The molecule has 0 saturated heterocycles. The SMILES string of the molecule is Cc1cc(C)c(C(=O)[P+](=O)c2c(C)cc(C)c(C)c2C)c(C)c1. The summed E-state index contributed by atoms with van der Waals surface area (Å²) in [6.45, 7) is 13.8. The van der Waals surface area contributed by atoms with Gasteiger partial charge in [0.05, 0.1) is 5.56 Å². The van der Waals surface area contributed by atoms with Gasteiger partial charge in [0.1, 0.15) is 0 Å². The van der Waals surface area contributed by atoms with E-state index in [-0.39, 0.29) is 5.52 Å². The molecule has 0 fully saturated rings. The molecule has 0 radical (unpaired) electrons. The van der Waals surface area contributed by atoms with E-state index in [1.807, 2.05) is 66.7 Å². The van der Waals surface area contributed by atoms with Gasteiger partial charge in [0.15, 0.2) is 0 Å². The molecule has 2 rings (SSSR count). The lowest BCUT2D eigenvalue weighted by Gasteiger charge is -2.09. The highest BCUT2D eigenvalue weighted by Crippen LogP contribution is 2.33. The van der Waals surface area contributed by atoms with Crippen molar-refractivity contribution >= 4 is 18.6 Å². The van der Waals surface area contributed by atoms with Crippen molar-refractivity contribution in [2.24, 2.45) is 0 Å². The summed E-state index contributed by atoms with van der Waals surface area (Å²) in [4.78, 5) is 12.9. The van der Waals surface area contributed by atoms with Gasteiger partial charge in [-0.3, -0.25) is 0 Å². The third-order valence-corrected chi connectivity index (χ3v) is 6.28. The van der Waals surface area contributed by atoms with Crippen LogP contribution in [0.4, 0.5) is 0 Å². The average molecular weight is 327 g/mol. The van der Waals surface area contributed by atoms with Gasteiger partial charge < -0.3 is 0 Å². The molecule has 0 aliphatic rings. The molecule has 0 amide bonds. The fraction of sp³-hybridized carbons (Fsp3) is 0.350. The zero-order chi connectivity index (χ0) is 17.5. The van der Waals surface area contributed by atoms with E-state index in [1.54, 1.807) is 0 Å². The van der Waals surface area contributed by atoms with E-state index in [4.69, 9.17) is 0 Å². The minimum atomic E-state index is -2.11.